The summed E-state index contributed by atoms with van der Waals surface area (Å²) in [4.78, 5) is 11.1. The molecular weight excluding hydrogens is 176 g/mol. The summed E-state index contributed by atoms with van der Waals surface area (Å²) in [6.07, 6.45) is 4.15. The van der Waals surface area contributed by atoms with E-state index in [-0.39, 0.29) is 5.78 Å². The first kappa shape index (κ1) is 12.9. The molecule has 0 radical (unpaired) electrons. The van der Waals surface area contributed by atoms with Gasteiger partial charge in [-0.15, -0.1) is 0 Å². The number of hydrogen-bond acceptors (Lipinski definition) is 2. The third kappa shape index (κ3) is 3.02. The molecular formula is C12H20O2. The van der Waals surface area contributed by atoms with E-state index in [0.29, 0.717) is 6.42 Å². The molecule has 1 aliphatic rings. The standard InChI is InChI=1S/C8H8O2.2C2H6/c9-7-2-1-3-8-6(7)4-5-10-8;2*1-2/h4-5H,1-3H2;2*1-2H3. The third-order valence-corrected chi connectivity index (χ3v) is 1.85. The predicted molar refractivity (Wildman–Crippen MR) is 58.7 cm³/mol. The molecule has 0 N–H and O–H groups in total. The van der Waals surface area contributed by atoms with Gasteiger partial charge in [-0.1, -0.05) is 27.7 Å². The SMILES string of the molecule is CC.CC.O=C1CCCc2occc21. The third-order valence-electron chi connectivity index (χ3n) is 1.85. The van der Waals surface area contributed by atoms with Gasteiger partial charge in [0.25, 0.3) is 0 Å². The van der Waals surface area contributed by atoms with Crippen LogP contribution in [0.4, 0.5) is 0 Å². The van der Waals surface area contributed by atoms with Crippen LogP contribution in [0.5, 0.6) is 0 Å². The van der Waals surface area contributed by atoms with Crippen LogP contribution in [0.25, 0.3) is 0 Å². The van der Waals surface area contributed by atoms with Gasteiger partial charge in [-0.05, 0) is 12.5 Å². The van der Waals surface area contributed by atoms with Gasteiger partial charge in [0.2, 0.25) is 0 Å². The van der Waals surface area contributed by atoms with Crippen molar-refractivity contribution in [2.24, 2.45) is 0 Å². The summed E-state index contributed by atoms with van der Waals surface area (Å²) >= 11 is 0. The first-order valence-electron chi connectivity index (χ1n) is 5.47. The molecule has 2 heteroatoms. The van der Waals surface area contributed by atoms with E-state index in [4.69, 9.17) is 4.42 Å². The first-order valence-corrected chi connectivity index (χ1v) is 5.47. The summed E-state index contributed by atoms with van der Waals surface area (Å²) in [5, 5.41) is 0. The summed E-state index contributed by atoms with van der Waals surface area (Å²) in [5.74, 6) is 1.10. The van der Waals surface area contributed by atoms with Crippen LogP contribution in [0.15, 0.2) is 16.7 Å². The smallest absolute Gasteiger partial charge is 0.166 e. The molecule has 0 bridgehead atoms. The molecule has 0 aromatic carbocycles. The van der Waals surface area contributed by atoms with Crippen molar-refractivity contribution in [1.82, 2.24) is 0 Å². The summed E-state index contributed by atoms with van der Waals surface area (Å²) in [5.41, 5.74) is 0.797. The highest BCUT2D eigenvalue weighted by molar-refractivity contribution is 5.97. The van der Waals surface area contributed by atoms with Crippen LogP contribution in [0.3, 0.4) is 0 Å². The van der Waals surface area contributed by atoms with E-state index in [1.54, 1.807) is 12.3 Å². The Morgan fingerprint density at radius 1 is 1.14 bits per heavy atom. The van der Waals surface area contributed by atoms with E-state index in [2.05, 4.69) is 0 Å². The lowest BCUT2D eigenvalue weighted by Crippen LogP contribution is -2.07. The molecule has 0 amide bonds. The Morgan fingerprint density at radius 2 is 1.79 bits per heavy atom. The predicted octanol–water partition coefficient (Wildman–Crippen LogP) is 3.85. The molecule has 0 saturated carbocycles. The molecule has 1 heterocycles. The lowest BCUT2D eigenvalue weighted by molar-refractivity contribution is 0.0969. The molecule has 1 aromatic rings. The Hall–Kier alpha value is -1.05. The molecule has 0 unspecified atom stereocenters. The van der Waals surface area contributed by atoms with Crippen molar-refractivity contribution in [2.75, 3.05) is 0 Å². The fourth-order valence-corrected chi connectivity index (χ4v) is 1.33. The molecule has 0 fully saturated rings. The van der Waals surface area contributed by atoms with Crippen LogP contribution < -0.4 is 0 Å². The van der Waals surface area contributed by atoms with Crippen molar-refractivity contribution in [3.05, 3.63) is 23.7 Å². The lowest BCUT2D eigenvalue weighted by atomic mass is 9.98. The molecule has 0 atom stereocenters. The molecule has 2 nitrogen and oxygen atoms in total. The van der Waals surface area contributed by atoms with E-state index in [1.807, 2.05) is 27.7 Å². The Labute approximate surface area is 86.3 Å². The zero-order chi connectivity index (χ0) is 11.0. The zero-order valence-electron chi connectivity index (χ0n) is 9.59. The molecule has 1 aromatic heterocycles. The van der Waals surface area contributed by atoms with Gasteiger partial charge in [0.15, 0.2) is 5.78 Å². The van der Waals surface area contributed by atoms with Crippen LogP contribution in [0.2, 0.25) is 0 Å². The fraction of sp³-hybridized carbons (Fsp3) is 0.583. The number of Topliss-reactive ketones (excluding diaryl/α,β-unsaturated/α-hetero) is 1. The minimum atomic E-state index is 0.231. The van der Waals surface area contributed by atoms with Gasteiger partial charge in [0, 0.05) is 12.8 Å². The zero-order valence-corrected chi connectivity index (χ0v) is 9.59. The normalized spacial score (nSPS) is 13.0. The molecule has 2 rings (SSSR count). The van der Waals surface area contributed by atoms with Crippen molar-refractivity contribution >= 4 is 5.78 Å². The number of hydrogen-bond donors (Lipinski definition) is 0. The Kier molecular flexibility index (Phi) is 6.81. The molecule has 80 valence electrons. The van der Waals surface area contributed by atoms with E-state index in [9.17, 15) is 4.79 Å². The summed E-state index contributed by atoms with van der Waals surface area (Å²) in [7, 11) is 0. The van der Waals surface area contributed by atoms with Gasteiger partial charge in [-0.25, -0.2) is 0 Å². The van der Waals surface area contributed by atoms with E-state index in [1.165, 1.54) is 0 Å². The topological polar surface area (TPSA) is 30.2 Å². The summed E-state index contributed by atoms with van der Waals surface area (Å²) in [6.45, 7) is 8.00. The van der Waals surface area contributed by atoms with Gasteiger partial charge in [-0.3, -0.25) is 4.79 Å². The maximum Gasteiger partial charge on any atom is 0.166 e. The Bertz CT molecular complexity index is 261. The number of carbonyl (C=O) groups excluding carboxylic acids is 1. The van der Waals surface area contributed by atoms with E-state index < -0.39 is 0 Å². The Balaban J connectivity index is 0.000000379. The van der Waals surface area contributed by atoms with Crippen LogP contribution >= 0.6 is 0 Å². The van der Waals surface area contributed by atoms with Gasteiger partial charge < -0.3 is 4.42 Å². The summed E-state index contributed by atoms with van der Waals surface area (Å²) < 4.78 is 5.11. The molecule has 14 heavy (non-hydrogen) atoms. The van der Waals surface area contributed by atoms with Gasteiger partial charge >= 0.3 is 0 Å². The fourth-order valence-electron chi connectivity index (χ4n) is 1.33. The minimum Gasteiger partial charge on any atom is -0.469 e. The Morgan fingerprint density at radius 3 is 2.36 bits per heavy atom. The van der Waals surface area contributed by atoms with Crippen LogP contribution in [0, 0.1) is 0 Å². The van der Waals surface area contributed by atoms with Crippen LogP contribution in [-0.4, -0.2) is 5.78 Å². The second kappa shape index (κ2) is 7.36. The van der Waals surface area contributed by atoms with E-state index in [0.717, 1.165) is 24.2 Å². The maximum absolute atomic E-state index is 11.1. The average molecular weight is 196 g/mol. The molecule has 0 spiro atoms. The van der Waals surface area contributed by atoms with Crippen LogP contribution in [0.1, 0.15) is 56.7 Å². The highest BCUT2D eigenvalue weighted by Gasteiger charge is 2.18. The van der Waals surface area contributed by atoms with Gasteiger partial charge in [0.1, 0.15) is 5.76 Å². The number of fused-ring (bicyclic) bond motifs is 1. The second-order valence-corrected chi connectivity index (χ2v) is 2.53. The number of furan rings is 1. The van der Waals surface area contributed by atoms with Crippen molar-refractivity contribution in [3.63, 3.8) is 0 Å². The number of ketones is 1. The average Bonchev–Trinajstić information content (AvgIpc) is 2.73. The number of rotatable bonds is 0. The van der Waals surface area contributed by atoms with Crippen molar-refractivity contribution in [1.29, 1.82) is 0 Å². The largest absolute Gasteiger partial charge is 0.469 e. The van der Waals surface area contributed by atoms with Crippen LogP contribution in [-0.2, 0) is 6.42 Å². The second-order valence-electron chi connectivity index (χ2n) is 2.53. The quantitative estimate of drug-likeness (QED) is 0.631. The minimum absolute atomic E-state index is 0.231. The van der Waals surface area contributed by atoms with E-state index >= 15 is 0 Å². The van der Waals surface area contributed by atoms with Gasteiger partial charge in [0.05, 0.1) is 11.8 Å². The summed E-state index contributed by atoms with van der Waals surface area (Å²) in [6, 6.07) is 1.76. The monoisotopic (exact) mass is 196 g/mol. The molecule has 0 aliphatic heterocycles. The van der Waals surface area contributed by atoms with Crippen molar-refractivity contribution in [3.8, 4) is 0 Å². The molecule has 0 saturated heterocycles. The maximum atomic E-state index is 11.1. The molecule has 1 aliphatic carbocycles. The highest BCUT2D eigenvalue weighted by Crippen LogP contribution is 2.21. The first-order chi connectivity index (χ1) is 6.88. The van der Waals surface area contributed by atoms with Crippen molar-refractivity contribution < 1.29 is 9.21 Å². The van der Waals surface area contributed by atoms with Gasteiger partial charge in [-0.2, -0.15) is 0 Å². The number of carbonyl (C=O) groups is 1. The van der Waals surface area contributed by atoms with Crippen molar-refractivity contribution in [2.45, 2.75) is 47.0 Å². The number of aryl methyl sites for hydroxylation is 1. The lowest BCUT2D eigenvalue weighted by Gasteiger charge is -2.06. The highest BCUT2D eigenvalue weighted by atomic mass is 16.3.